The van der Waals surface area contributed by atoms with Gasteiger partial charge in [-0.1, -0.05) is 54.1 Å². The van der Waals surface area contributed by atoms with E-state index < -0.39 is 0 Å². The fourth-order valence-electron chi connectivity index (χ4n) is 2.94. The summed E-state index contributed by atoms with van der Waals surface area (Å²) in [7, 11) is 0. The summed E-state index contributed by atoms with van der Waals surface area (Å²) in [5.41, 5.74) is 4.79. The van der Waals surface area contributed by atoms with Crippen molar-refractivity contribution in [1.29, 1.82) is 0 Å². The van der Waals surface area contributed by atoms with Gasteiger partial charge in [0.25, 0.3) is 0 Å². The quantitative estimate of drug-likeness (QED) is 0.682. The van der Waals surface area contributed by atoms with Crippen LogP contribution in [-0.4, -0.2) is 15.7 Å². The van der Waals surface area contributed by atoms with Crippen molar-refractivity contribution in [1.82, 2.24) is 9.78 Å². The maximum Gasteiger partial charge on any atom is 0.224 e. The number of nitrogens with one attached hydrogen (secondary N) is 1. The molecule has 0 spiro atoms. The summed E-state index contributed by atoms with van der Waals surface area (Å²) < 4.78 is 1.90. The van der Waals surface area contributed by atoms with Gasteiger partial charge in [0.05, 0.1) is 23.6 Å². The van der Waals surface area contributed by atoms with Gasteiger partial charge in [-0.2, -0.15) is 5.10 Å². The van der Waals surface area contributed by atoms with E-state index in [2.05, 4.69) is 10.4 Å². The van der Waals surface area contributed by atoms with Crippen molar-refractivity contribution in [2.45, 2.75) is 33.2 Å². The molecule has 1 heterocycles. The Morgan fingerprint density at radius 1 is 1.08 bits per heavy atom. The van der Waals surface area contributed by atoms with Gasteiger partial charge in [-0.05, 0) is 43.5 Å². The molecule has 1 amide bonds. The summed E-state index contributed by atoms with van der Waals surface area (Å²) in [5.74, 6) is 0.00218. The Bertz CT molecular complexity index is 903. The molecule has 0 fully saturated rings. The summed E-state index contributed by atoms with van der Waals surface area (Å²) in [6, 6.07) is 17.7. The van der Waals surface area contributed by atoms with E-state index in [1.165, 1.54) is 0 Å². The van der Waals surface area contributed by atoms with E-state index in [4.69, 9.17) is 11.6 Å². The third-order valence-corrected chi connectivity index (χ3v) is 4.59. The van der Waals surface area contributed by atoms with Gasteiger partial charge in [-0.3, -0.25) is 9.48 Å². The van der Waals surface area contributed by atoms with E-state index in [-0.39, 0.29) is 5.91 Å². The van der Waals surface area contributed by atoms with Crippen molar-refractivity contribution in [2.24, 2.45) is 0 Å². The second kappa shape index (κ2) is 8.19. The lowest BCUT2D eigenvalue weighted by atomic mass is 10.1. The lowest BCUT2D eigenvalue weighted by molar-refractivity contribution is -0.116. The van der Waals surface area contributed by atoms with Crippen LogP contribution < -0.4 is 5.32 Å². The van der Waals surface area contributed by atoms with E-state index in [1.54, 1.807) is 0 Å². The van der Waals surface area contributed by atoms with Gasteiger partial charge < -0.3 is 5.32 Å². The van der Waals surface area contributed by atoms with Gasteiger partial charge >= 0.3 is 0 Å². The van der Waals surface area contributed by atoms with Crippen LogP contribution in [0.5, 0.6) is 0 Å². The number of amides is 1. The number of aryl methyl sites for hydroxylation is 2. The number of carbonyl (C=O) groups excluding carboxylic acids is 1. The molecule has 3 rings (SSSR count). The van der Waals surface area contributed by atoms with Crippen LogP contribution >= 0.6 is 11.6 Å². The average Bonchev–Trinajstić information content (AvgIpc) is 2.88. The molecule has 1 N–H and O–H groups in total. The topological polar surface area (TPSA) is 46.9 Å². The first-order valence-corrected chi connectivity index (χ1v) is 9.03. The Balaban J connectivity index is 1.66. The van der Waals surface area contributed by atoms with Crippen molar-refractivity contribution in [3.63, 3.8) is 0 Å². The molecule has 0 unspecified atom stereocenters. The molecule has 0 saturated heterocycles. The van der Waals surface area contributed by atoms with E-state index in [9.17, 15) is 4.79 Å². The molecule has 134 valence electrons. The standard InChI is InChI=1S/C21H22ClN3O/c1-15-21(23-20(26)12-11-17-7-4-3-5-8-17)16(2)25(24-15)14-18-9-6-10-19(22)13-18/h3-10,13H,11-12,14H2,1-2H3,(H,23,26). The lowest BCUT2D eigenvalue weighted by Gasteiger charge is -2.08. The third-order valence-electron chi connectivity index (χ3n) is 4.35. The van der Waals surface area contributed by atoms with Crippen LogP contribution in [0.15, 0.2) is 54.6 Å². The highest BCUT2D eigenvalue weighted by Crippen LogP contribution is 2.21. The minimum Gasteiger partial charge on any atom is -0.323 e. The maximum atomic E-state index is 12.3. The number of benzene rings is 2. The zero-order valence-corrected chi connectivity index (χ0v) is 15.8. The summed E-state index contributed by atoms with van der Waals surface area (Å²) in [6.07, 6.45) is 1.17. The molecule has 0 aliphatic heterocycles. The van der Waals surface area contributed by atoms with Crippen LogP contribution in [0, 0.1) is 13.8 Å². The minimum atomic E-state index is 0.00218. The fraction of sp³-hybridized carbons (Fsp3) is 0.238. The van der Waals surface area contributed by atoms with E-state index in [0.717, 1.165) is 34.6 Å². The summed E-state index contributed by atoms with van der Waals surface area (Å²) in [6.45, 7) is 4.50. The second-order valence-electron chi connectivity index (χ2n) is 6.37. The zero-order chi connectivity index (χ0) is 18.5. The Morgan fingerprint density at radius 2 is 1.81 bits per heavy atom. The normalized spacial score (nSPS) is 10.7. The van der Waals surface area contributed by atoms with E-state index in [1.807, 2.05) is 73.1 Å². The predicted octanol–water partition coefficient (Wildman–Crippen LogP) is 4.77. The molecule has 4 nitrogen and oxygen atoms in total. The molecule has 0 atom stereocenters. The molecule has 1 aromatic heterocycles. The fourth-order valence-corrected chi connectivity index (χ4v) is 3.16. The number of rotatable bonds is 6. The molecule has 0 saturated carbocycles. The molecule has 0 aliphatic carbocycles. The van der Waals surface area contributed by atoms with Crippen molar-refractivity contribution in [3.8, 4) is 0 Å². The van der Waals surface area contributed by atoms with Gasteiger partial charge in [-0.15, -0.1) is 0 Å². The van der Waals surface area contributed by atoms with Gasteiger partial charge in [0.1, 0.15) is 0 Å². The molecule has 5 heteroatoms. The highest BCUT2D eigenvalue weighted by Gasteiger charge is 2.14. The smallest absolute Gasteiger partial charge is 0.224 e. The Morgan fingerprint density at radius 3 is 2.54 bits per heavy atom. The van der Waals surface area contributed by atoms with Crippen LogP contribution in [-0.2, 0) is 17.8 Å². The predicted molar refractivity (Wildman–Crippen MR) is 106 cm³/mol. The first kappa shape index (κ1) is 18.2. The monoisotopic (exact) mass is 367 g/mol. The first-order valence-electron chi connectivity index (χ1n) is 8.65. The SMILES string of the molecule is Cc1nn(Cc2cccc(Cl)c2)c(C)c1NC(=O)CCc1ccccc1. The van der Waals surface area contributed by atoms with Gasteiger partial charge in [-0.25, -0.2) is 0 Å². The average molecular weight is 368 g/mol. The van der Waals surface area contributed by atoms with Crippen molar-refractivity contribution < 1.29 is 4.79 Å². The van der Waals surface area contributed by atoms with Gasteiger partial charge in [0.15, 0.2) is 0 Å². The number of carbonyl (C=O) groups is 1. The number of anilines is 1. The first-order chi connectivity index (χ1) is 12.5. The zero-order valence-electron chi connectivity index (χ0n) is 15.0. The molecule has 0 bridgehead atoms. The van der Waals surface area contributed by atoms with Gasteiger partial charge in [0.2, 0.25) is 5.91 Å². The van der Waals surface area contributed by atoms with Crippen LogP contribution in [0.3, 0.4) is 0 Å². The summed E-state index contributed by atoms with van der Waals surface area (Å²) in [5, 5.41) is 8.29. The van der Waals surface area contributed by atoms with E-state index in [0.29, 0.717) is 18.0 Å². The lowest BCUT2D eigenvalue weighted by Crippen LogP contribution is -2.13. The van der Waals surface area contributed by atoms with Gasteiger partial charge in [0, 0.05) is 11.4 Å². The van der Waals surface area contributed by atoms with Crippen LogP contribution in [0.1, 0.15) is 28.9 Å². The van der Waals surface area contributed by atoms with Crippen LogP contribution in [0.25, 0.3) is 0 Å². The Hall–Kier alpha value is -2.59. The molecule has 2 aromatic carbocycles. The van der Waals surface area contributed by atoms with Crippen molar-refractivity contribution >= 4 is 23.2 Å². The molecule has 3 aromatic rings. The summed E-state index contributed by atoms with van der Waals surface area (Å²) >= 11 is 6.05. The molecular formula is C21H22ClN3O. The van der Waals surface area contributed by atoms with Crippen molar-refractivity contribution in [3.05, 3.63) is 82.1 Å². The van der Waals surface area contributed by atoms with Crippen LogP contribution in [0.4, 0.5) is 5.69 Å². The van der Waals surface area contributed by atoms with E-state index >= 15 is 0 Å². The summed E-state index contributed by atoms with van der Waals surface area (Å²) in [4.78, 5) is 12.3. The molecule has 0 radical (unpaired) electrons. The molecule has 0 aliphatic rings. The number of hydrogen-bond acceptors (Lipinski definition) is 2. The second-order valence-corrected chi connectivity index (χ2v) is 6.80. The maximum absolute atomic E-state index is 12.3. The highest BCUT2D eigenvalue weighted by molar-refractivity contribution is 6.30. The Labute approximate surface area is 158 Å². The highest BCUT2D eigenvalue weighted by atomic mass is 35.5. The number of hydrogen-bond donors (Lipinski definition) is 1. The van der Waals surface area contributed by atoms with Crippen molar-refractivity contribution in [2.75, 3.05) is 5.32 Å². The third kappa shape index (κ3) is 4.52. The number of aromatic nitrogens is 2. The van der Waals surface area contributed by atoms with Crippen LogP contribution in [0.2, 0.25) is 5.02 Å². The largest absolute Gasteiger partial charge is 0.323 e. The molecule has 26 heavy (non-hydrogen) atoms. The molecular weight excluding hydrogens is 346 g/mol. The minimum absolute atomic E-state index is 0.00218. The Kier molecular flexibility index (Phi) is 5.74. The number of nitrogens with zero attached hydrogens (tertiary/aromatic N) is 2. The number of halogens is 1.